The highest BCUT2D eigenvalue weighted by molar-refractivity contribution is 5.85. The van der Waals surface area contributed by atoms with Gasteiger partial charge < -0.3 is 16.0 Å². The largest absolute Gasteiger partial charge is 0.324 e. The van der Waals surface area contributed by atoms with Gasteiger partial charge in [-0.25, -0.2) is 0 Å². The summed E-state index contributed by atoms with van der Waals surface area (Å²) in [6, 6.07) is 0. The SMILES string of the molecule is CC(C)(N)CN1CCC2(CCNCC2)C1.Cl.Cl. The van der Waals surface area contributed by atoms with Gasteiger partial charge in [-0.15, -0.1) is 24.8 Å². The Hall–Kier alpha value is 0.460. The van der Waals surface area contributed by atoms with Gasteiger partial charge in [0.1, 0.15) is 0 Å². The van der Waals surface area contributed by atoms with E-state index in [0.717, 1.165) is 6.54 Å². The summed E-state index contributed by atoms with van der Waals surface area (Å²) in [5.74, 6) is 0. The van der Waals surface area contributed by atoms with E-state index in [1.165, 1.54) is 45.4 Å². The van der Waals surface area contributed by atoms with Gasteiger partial charge in [0.05, 0.1) is 0 Å². The molecule has 1 spiro atoms. The first-order valence-electron chi connectivity index (χ1n) is 6.21. The molecule has 2 aliphatic rings. The minimum Gasteiger partial charge on any atom is -0.324 e. The quantitative estimate of drug-likeness (QED) is 0.810. The summed E-state index contributed by atoms with van der Waals surface area (Å²) in [5.41, 5.74) is 6.66. The van der Waals surface area contributed by atoms with Crippen LogP contribution in [0.4, 0.5) is 0 Å². The van der Waals surface area contributed by atoms with Gasteiger partial charge in [-0.3, -0.25) is 0 Å². The van der Waals surface area contributed by atoms with Gasteiger partial charge in [-0.2, -0.15) is 0 Å². The highest BCUT2D eigenvalue weighted by Gasteiger charge is 2.39. The Morgan fingerprint density at radius 2 is 1.76 bits per heavy atom. The molecule has 0 unspecified atom stereocenters. The summed E-state index contributed by atoms with van der Waals surface area (Å²) in [7, 11) is 0. The second-order valence-corrected chi connectivity index (χ2v) is 6.20. The first kappa shape index (κ1) is 17.5. The third-order valence-electron chi connectivity index (χ3n) is 3.81. The summed E-state index contributed by atoms with van der Waals surface area (Å²) >= 11 is 0. The third kappa shape index (κ3) is 4.92. The molecule has 0 atom stereocenters. The number of hydrogen-bond donors (Lipinski definition) is 2. The van der Waals surface area contributed by atoms with Crippen LogP contribution in [0.5, 0.6) is 0 Å². The predicted octanol–water partition coefficient (Wildman–Crippen LogP) is 1.64. The maximum Gasteiger partial charge on any atom is 0.0226 e. The molecule has 2 saturated heterocycles. The Labute approximate surface area is 118 Å². The van der Waals surface area contributed by atoms with E-state index in [1.54, 1.807) is 0 Å². The molecular weight excluding hydrogens is 257 g/mol. The first-order chi connectivity index (χ1) is 6.99. The van der Waals surface area contributed by atoms with E-state index < -0.39 is 0 Å². The Balaban J connectivity index is 0.00000128. The second-order valence-electron chi connectivity index (χ2n) is 6.20. The van der Waals surface area contributed by atoms with Crippen LogP contribution >= 0.6 is 24.8 Å². The molecule has 2 heterocycles. The minimum atomic E-state index is -0.0432. The molecule has 104 valence electrons. The van der Waals surface area contributed by atoms with Gasteiger partial charge in [0, 0.05) is 18.6 Å². The fraction of sp³-hybridized carbons (Fsp3) is 1.00. The van der Waals surface area contributed by atoms with Crippen LogP contribution in [0, 0.1) is 5.41 Å². The maximum atomic E-state index is 6.08. The van der Waals surface area contributed by atoms with Crippen LogP contribution in [0.3, 0.4) is 0 Å². The molecule has 2 aliphatic heterocycles. The van der Waals surface area contributed by atoms with Crippen molar-refractivity contribution >= 4 is 24.8 Å². The molecule has 0 aliphatic carbocycles. The van der Waals surface area contributed by atoms with Crippen molar-refractivity contribution in [1.82, 2.24) is 10.2 Å². The lowest BCUT2D eigenvalue weighted by Crippen LogP contribution is -2.46. The molecule has 0 saturated carbocycles. The average molecular weight is 284 g/mol. The topological polar surface area (TPSA) is 41.3 Å². The summed E-state index contributed by atoms with van der Waals surface area (Å²) in [5, 5.41) is 3.46. The van der Waals surface area contributed by atoms with E-state index in [4.69, 9.17) is 5.73 Å². The zero-order valence-corrected chi connectivity index (χ0v) is 12.6. The van der Waals surface area contributed by atoms with Crippen LogP contribution in [-0.2, 0) is 0 Å². The lowest BCUT2D eigenvalue weighted by Gasteiger charge is -2.35. The standard InChI is InChI=1S/C12H25N3.2ClH/c1-11(2,13)9-15-8-5-12(10-15)3-6-14-7-4-12;;/h14H,3-10,13H2,1-2H3;2*1H. The lowest BCUT2D eigenvalue weighted by molar-refractivity contribution is 0.184. The fourth-order valence-electron chi connectivity index (χ4n) is 3.10. The summed E-state index contributed by atoms with van der Waals surface area (Å²) in [6.45, 7) is 10.2. The van der Waals surface area contributed by atoms with Gasteiger partial charge in [0.25, 0.3) is 0 Å². The zero-order valence-electron chi connectivity index (χ0n) is 11.0. The molecule has 0 aromatic carbocycles. The maximum absolute atomic E-state index is 6.08. The van der Waals surface area contributed by atoms with E-state index in [1.807, 2.05) is 0 Å². The number of rotatable bonds is 2. The highest BCUT2D eigenvalue weighted by Crippen LogP contribution is 2.38. The number of nitrogens with one attached hydrogen (secondary N) is 1. The Morgan fingerprint density at radius 3 is 2.29 bits per heavy atom. The number of likely N-dealkylation sites (tertiary alicyclic amines) is 1. The third-order valence-corrected chi connectivity index (χ3v) is 3.81. The molecule has 0 radical (unpaired) electrons. The molecule has 0 aromatic rings. The van der Waals surface area contributed by atoms with E-state index in [9.17, 15) is 0 Å². The predicted molar refractivity (Wildman–Crippen MR) is 78.4 cm³/mol. The number of piperidine rings is 1. The second kappa shape index (κ2) is 6.58. The van der Waals surface area contributed by atoms with Crippen molar-refractivity contribution < 1.29 is 0 Å². The van der Waals surface area contributed by atoms with Crippen LogP contribution < -0.4 is 11.1 Å². The van der Waals surface area contributed by atoms with Crippen molar-refractivity contribution in [3.05, 3.63) is 0 Å². The molecule has 17 heavy (non-hydrogen) atoms. The first-order valence-corrected chi connectivity index (χ1v) is 6.21. The number of nitrogens with zero attached hydrogens (tertiary/aromatic N) is 1. The molecular formula is C12H27Cl2N3. The summed E-state index contributed by atoms with van der Waals surface area (Å²) in [4.78, 5) is 2.56. The highest BCUT2D eigenvalue weighted by atomic mass is 35.5. The van der Waals surface area contributed by atoms with Crippen molar-refractivity contribution in [1.29, 1.82) is 0 Å². The van der Waals surface area contributed by atoms with Crippen molar-refractivity contribution in [2.45, 2.75) is 38.6 Å². The molecule has 0 amide bonds. The van der Waals surface area contributed by atoms with Crippen LogP contribution in [0.25, 0.3) is 0 Å². The van der Waals surface area contributed by atoms with E-state index >= 15 is 0 Å². The van der Waals surface area contributed by atoms with Crippen LogP contribution in [-0.4, -0.2) is 43.2 Å². The zero-order chi connectivity index (χ0) is 10.9. The van der Waals surface area contributed by atoms with E-state index in [-0.39, 0.29) is 30.4 Å². The van der Waals surface area contributed by atoms with Crippen molar-refractivity contribution in [3.8, 4) is 0 Å². The van der Waals surface area contributed by atoms with E-state index in [0.29, 0.717) is 5.41 Å². The molecule has 5 heteroatoms. The van der Waals surface area contributed by atoms with E-state index in [2.05, 4.69) is 24.1 Å². The minimum absolute atomic E-state index is 0. The van der Waals surface area contributed by atoms with Crippen LogP contribution in [0.1, 0.15) is 33.1 Å². The van der Waals surface area contributed by atoms with Gasteiger partial charge >= 0.3 is 0 Å². The Bertz CT molecular complexity index is 222. The molecule has 0 aromatic heterocycles. The Morgan fingerprint density at radius 1 is 1.18 bits per heavy atom. The molecule has 2 fully saturated rings. The number of halogens is 2. The Kier molecular flexibility index (Phi) is 6.75. The smallest absolute Gasteiger partial charge is 0.0226 e. The molecule has 2 rings (SSSR count). The monoisotopic (exact) mass is 283 g/mol. The molecule has 0 bridgehead atoms. The van der Waals surface area contributed by atoms with Gasteiger partial charge in [-0.05, 0) is 58.2 Å². The average Bonchev–Trinajstić information content (AvgIpc) is 2.47. The van der Waals surface area contributed by atoms with Crippen molar-refractivity contribution in [3.63, 3.8) is 0 Å². The van der Waals surface area contributed by atoms with Gasteiger partial charge in [0.2, 0.25) is 0 Å². The van der Waals surface area contributed by atoms with Gasteiger partial charge in [-0.1, -0.05) is 0 Å². The summed E-state index contributed by atoms with van der Waals surface area (Å²) in [6.07, 6.45) is 4.09. The fourth-order valence-corrected chi connectivity index (χ4v) is 3.10. The normalized spacial score (nSPS) is 24.2. The van der Waals surface area contributed by atoms with Gasteiger partial charge in [0.15, 0.2) is 0 Å². The molecule has 3 nitrogen and oxygen atoms in total. The molecule has 3 N–H and O–H groups in total. The lowest BCUT2D eigenvalue weighted by atomic mass is 9.78. The number of hydrogen-bond acceptors (Lipinski definition) is 3. The van der Waals surface area contributed by atoms with Crippen LogP contribution in [0.2, 0.25) is 0 Å². The summed E-state index contributed by atoms with van der Waals surface area (Å²) < 4.78 is 0. The number of nitrogens with two attached hydrogens (primary N) is 1. The van der Waals surface area contributed by atoms with Crippen molar-refractivity contribution in [2.24, 2.45) is 11.1 Å². The van der Waals surface area contributed by atoms with Crippen molar-refractivity contribution in [2.75, 3.05) is 32.7 Å². The van der Waals surface area contributed by atoms with Crippen LogP contribution in [0.15, 0.2) is 0 Å².